The predicted octanol–water partition coefficient (Wildman–Crippen LogP) is 3.25. The van der Waals surface area contributed by atoms with E-state index in [2.05, 4.69) is 0 Å². The van der Waals surface area contributed by atoms with Crippen molar-refractivity contribution in [1.29, 1.82) is 0 Å². The molecule has 0 amide bonds. The summed E-state index contributed by atoms with van der Waals surface area (Å²) in [6.45, 7) is 0. The molecule has 2 rings (SSSR count). The molecule has 0 aliphatic rings. The summed E-state index contributed by atoms with van der Waals surface area (Å²) in [5.74, 6) is -4.64. The number of benzene rings is 1. The number of aromatic carboxylic acids is 1. The van der Waals surface area contributed by atoms with Crippen molar-refractivity contribution in [3.8, 4) is 0 Å². The van der Waals surface area contributed by atoms with Crippen LogP contribution in [0.1, 0.15) is 37.7 Å². The van der Waals surface area contributed by atoms with Gasteiger partial charge in [0, 0.05) is 23.3 Å². The maximum atomic E-state index is 13.6. The van der Waals surface area contributed by atoms with E-state index >= 15 is 0 Å². The molecule has 1 aromatic heterocycles. The molecular formula is C16H11ClF3NO5. The van der Waals surface area contributed by atoms with E-state index in [9.17, 15) is 32.7 Å². The molecule has 0 saturated carbocycles. The first-order valence-corrected chi connectivity index (χ1v) is 7.37. The molecule has 138 valence electrons. The highest BCUT2D eigenvalue weighted by atomic mass is 35.5. The van der Waals surface area contributed by atoms with Crippen molar-refractivity contribution < 1.29 is 37.8 Å². The minimum absolute atomic E-state index is 0.0998. The van der Waals surface area contributed by atoms with Gasteiger partial charge in [-0.2, -0.15) is 13.2 Å². The third kappa shape index (κ3) is 3.57. The van der Waals surface area contributed by atoms with Gasteiger partial charge in [0.15, 0.2) is 0 Å². The van der Waals surface area contributed by atoms with Crippen LogP contribution in [0.4, 0.5) is 13.2 Å². The lowest BCUT2D eigenvalue weighted by Gasteiger charge is -2.11. The largest absolute Gasteiger partial charge is 0.481 e. The normalized spacial score (nSPS) is 11.4. The van der Waals surface area contributed by atoms with Crippen molar-refractivity contribution in [3.63, 3.8) is 0 Å². The lowest BCUT2D eigenvalue weighted by Crippen LogP contribution is -2.17. The second kappa shape index (κ2) is 6.83. The Balaban J connectivity index is 2.85. The molecule has 0 fully saturated rings. The number of rotatable bonds is 5. The summed E-state index contributed by atoms with van der Waals surface area (Å²) >= 11 is 5.75. The number of hydrogen-bond donors (Lipinski definition) is 2. The van der Waals surface area contributed by atoms with Gasteiger partial charge in [-0.15, -0.1) is 0 Å². The van der Waals surface area contributed by atoms with E-state index in [4.69, 9.17) is 16.7 Å². The Morgan fingerprint density at radius 3 is 2.27 bits per heavy atom. The predicted molar refractivity (Wildman–Crippen MR) is 83.6 cm³/mol. The van der Waals surface area contributed by atoms with E-state index < -0.39 is 52.8 Å². The first kappa shape index (κ1) is 19.5. The van der Waals surface area contributed by atoms with Crippen molar-refractivity contribution in [2.75, 3.05) is 0 Å². The summed E-state index contributed by atoms with van der Waals surface area (Å²) in [7, 11) is 1.01. The zero-order valence-electron chi connectivity index (χ0n) is 13.1. The number of alkyl halides is 3. The average molecular weight is 390 g/mol. The minimum Gasteiger partial charge on any atom is -0.481 e. The van der Waals surface area contributed by atoms with E-state index in [1.807, 2.05) is 0 Å². The molecule has 1 heterocycles. The van der Waals surface area contributed by atoms with Crippen molar-refractivity contribution in [1.82, 2.24) is 4.57 Å². The highest BCUT2D eigenvalue weighted by molar-refractivity contribution is 6.31. The van der Waals surface area contributed by atoms with Crippen LogP contribution in [0.25, 0.3) is 0 Å². The van der Waals surface area contributed by atoms with Crippen LogP contribution in [0.3, 0.4) is 0 Å². The summed E-state index contributed by atoms with van der Waals surface area (Å²) in [6.07, 6.45) is -6.18. The molecule has 0 atom stereocenters. The molecule has 1 aromatic carbocycles. The van der Waals surface area contributed by atoms with Gasteiger partial charge in [-0.05, 0) is 12.1 Å². The molecule has 26 heavy (non-hydrogen) atoms. The third-order valence-corrected chi connectivity index (χ3v) is 3.87. The van der Waals surface area contributed by atoms with Crippen LogP contribution < -0.4 is 0 Å². The van der Waals surface area contributed by atoms with Gasteiger partial charge in [-0.1, -0.05) is 23.7 Å². The molecule has 0 saturated heterocycles. The van der Waals surface area contributed by atoms with E-state index in [1.54, 1.807) is 0 Å². The van der Waals surface area contributed by atoms with Crippen molar-refractivity contribution in [2.24, 2.45) is 7.05 Å². The second-order valence-corrected chi connectivity index (χ2v) is 5.75. The Labute approximate surface area is 149 Å². The molecule has 2 N–H and O–H groups in total. The smallest absolute Gasteiger partial charge is 0.419 e. The fourth-order valence-electron chi connectivity index (χ4n) is 2.62. The number of ketones is 1. The van der Waals surface area contributed by atoms with Gasteiger partial charge in [0.05, 0.1) is 17.5 Å². The van der Waals surface area contributed by atoms with Crippen LogP contribution in [-0.4, -0.2) is 32.5 Å². The van der Waals surface area contributed by atoms with Gasteiger partial charge in [0.25, 0.3) is 0 Å². The van der Waals surface area contributed by atoms with Crippen molar-refractivity contribution >= 4 is 29.3 Å². The van der Waals surface area contributed by atoms with Crippen LogP contribution in [0.2, 0.25) is 5.02 Å². The summed E-state index contributed by atoms with van der Waals surface area (Å²) in [5, 5.41) is 18.2. The summed E-state index contributed by atoms with van der Waals surface area (Å²) in [5.41, 5.74) is -4.74. The number of carboxylic acid groups (broad SMARTS) is 2. The SMILES string of the molecule is Cn1c(CC(=O)O)c(C(=O)O)c(C(F)(F)F)c1C(=O)c1cccc(Cl)c1. The lowest BCUT2D eigenvalue weighted by molar-refractivity contribution is -0.139. The topological polar surface area (TPSA) is 96.6 Å². The van der Waals surface area contributed by atoms with Gasteiger partial charge in [0.1, 0.15) is 5.69 Å². The molecule has 6 nitrogen and oxygen atoms in total. The molecule has 10 heteroatoms. The number of carboxylic acids is 2. The monoisotopic (exact) mass is 389 g/mol. The number of aliphatic carboxylic acids is 1. The van der Waals surface area contributed by atoms with E-state index in [0.29, 0.717) is 4.57 Å². The Bertz CT molecular complexity index is 917. The highest BCUT2D eigenvalue weighted by Crippen LogP contribution is 2.39. The number of hydrogen-bond acceptors (Lipinski definition) is 3. The molecule has 0 aliphatic heterocycles. The number of halogens is 4. The van der Waals surface area contributed by atoms with Gasteiger partial charge < -0.3 is 14.8 Å². The van der Waals surface area contributed by atoms with E-state index in [0.717, 1.165) is 13.1 Å². The Kier molecular flexibility index (Phi) is 5.13. The first-order chi connectivity index (χ1) is 11.9. The Morgan fingerprint density at radius 2 is 1.81 bits per heavy atom. The summed E-state index contributed by atoms with van der Waals surface area (Å²) in [4.78, 5) is 35.0. The highest BCUT2D eigenvalue weighted by Gasteiger charge is 2.44. The van der Waals surface area contributed by atoms with E-state index in [1.165, 1.54) is 18.2 Å². The fourth-order valence-corrected chi connectivity index (χ4v) is 2.81. The van der Waals surface area contributed by atoms with Gasteiger partial charge >= 0.3 is 18.1 Å². The molecule has 2 aromatic rings. The van der Waals surface area contributed by atoms with Crippen molar-refractivity contribution in [3.05, 3.63) is 57.4 Å². The summed E-state index contributed by atoms with van der Waals surface area (Å²) in [6, 6.07) is 5.11. The van der Waals surface area contributed by atoms with Gasteiger partial charge in [0.2, 0.25) is 5.78 Å². The average Bonchev–Trinajstić information content (AvgIpc) is 2.79. The fraction of sp³-hybridized carbons (Fsp3) is 0.188. The second-order valence-electron chi connectivity index (χ2n) is 5.32. The number of carbonyl (C=O) groups is 3. The maximum absolute atomic E-state index is 13.6. The quantitative estimate of drug-likeness (QED) is 0.765. The van der Waals surface area contributed by atoms with Crippen LogP contribution in [0, 0.1) is 0 Å². The molecule has 0 bridgehead atoms. The number of nitrogens with zero attached hydrogens (tertiary/aromatic N) is 1. The van der Waals surface area contributed by atoms with Crippen molar-refractivity contribution in [2.45, 2.75) is 12.6 Å². The summed E-state index contributed by atoms with van der Waals surface area (Å²) < 4.78 is 41.3. The van der Waals surface area contributed by atoms with Crippen LogP contribution >= 0.6 is 11.6 Å². The van der Waals surface area contributed by atoms with Crippen LogP contribution in [0.5, 0.6) is 0 Å². The Hall–Kier alpha value is -2.81. The van der Waals surface area contributed by atoms with Crippen LogP contribution in [-0.2, 0) is 24.4 Å². The maximum Gasteiger partial charge on any atom is 0.419 e. The Morgan fingerprint density at radius 1 is 1.19 bits per heavy atom. The van der Waals surface area contributed by atoms with Crippen LogP contribution in [0.15, 0.2) is 24.3 Å². The first-order valence-electron chi connectivity index (χ1n) is 6.99. The van der Waals surface area contributed by atoms with Gasteiger partial charge in [-0.25, -0.2) is 4.79 Å². The van der Waals surface area contributed by atoms with E-state index in [-0.39, 0.29) is 10.6 Å². The third-order valence-electron chi connectivity index (χ3n) is 3.63. The molecule has 0 radical (unpaired) electrons. The molecule has 0 spiro atoms. The number of aromatic nitrogens is 1. The number of carbonyl (C=O) groups excluding carboxylic acids is 1. The molecular weight excluding hydrogens is 379 g/mol. The lowest BCUT2D eigenvalue weighted by atomic mass is 10.0. The van der Waals surface area contributed by atoms with Gasteiger partial charge in [-0.3, -0.25) is 9.59 Å². The molecule has 0 aliphatic carbocycles. The molecule has 0 unspecified atom stereocenters. The standard InChI is InChI=1S/C16H11ClF3NO5/c1-21-9(6-10(22)23)11(15(25)26)12(16(18,19)20)13(21)14(24)7-3-2-4-8(17)5-7/h2-5H,6H2,1H3,(H,22,23)(H,25,26). The minimum atomic E-state index is -5.19. The zero-order chi connectivity index (χ0) is 19.8. The zero-order valence-corrected chi connectivity index (χ0v) is 13.9.